The number of nitrogens with two attached hydrogens (primary N) is 1. The van der Waals surface area contributed by atoms with E-state index in [1.54, 1.807) is 42.7 Å². The topological polar surface area (TPSA) is 133 Å². The predicted octanol–water partition coefficient (Wildman–Crippen LogP) is 5.95. The van der Waals surface area contributed by atoms with E-state index >= 15 is 0 Å². The summed E-state index contributed by atoms with van der Waals surface area (Å²) in [6.45, 7) is 0. The van der Waals surface area contributed by atoms with Gasteiger partial charge >= 0.3 is 0 Å². The number of nitrogens with one attached hydrogen (secondary N) is 1. The van der Waals surface area contributed by atoms with Crippen molar-refractivity contribution in [2.24, 2.45) is 5.10 Å². The molecule has 5 rings (SSSR count). The summed E-state index contributed by atoms with van der Waals surface area (Å²) < 4.78 is 5.14. The number of benzene rings is 2. The lowest BCUT2D eigenvalue weighted by atomic mass is 10.0. The molecule has 0 aliphatic carbocycles. The van der Waals surface area contributed by atoms with Gasteiger partial charge in [0.05, 0.1) is 29.6 Å². The highest BCUT2D eigenvalue weighted by Crippen LogP contribution is 2.42. The number of thiophene rings is 2. The largest absolute Gasteiger partial charge is 0.497 e. The number of hydrogen-bond donors (Lipinski definition) is 2. The van der Waals surface area contributed by atoms with Crippen LogP contribution in [-0.4, -0.2) is 29.1 Å². The maximum Gasteiger partial charge on any atom is 0.283 e. The quantitative estimate of drug-likeness (QED) is 0.152. The van der Waals surface area contributed by atoms with E-state index in [1.807, 2.05) is 35.7 Å². The van der Waals surface area contributed by atoms with Gasteiger partial charge in [0.25, 0.3) is 11.6 Å². The number of carbonyl (C=O) groups excluding carboxylic acids is 1. The SMILES string of the molecule is COc1ccc(/C=N/NC(=O)c2sc3nc(-c4ccc([N+](=O)[O-])cc4)cc(-c4cccs4)c3c2N)cc1. The van der Waals surface area contributed by atoms with Gasteiger partial charge in [0.2, 0.25) is 0 Å². The molecular formula is C26H19N5O4S2. The maximum absolute atomic E-state index is 13.0. The zero-order valence-corrected chi connectivity index (χ0v) is 21.0. The molecule has 0 radical (unpaired) electrons. The van der Waals surface area contributed by atoms with Gasteiger partial charge in [-0.15, -0.1) is 22.7 Å². The number of amides is 1. The Morgan fingerprint density at radius 1 is 1.16 bits per heavy atom. The van der Waals surface area contributed by atoms with Crippen molar-refractivity contribution < 1.29 is 14.5 Å². The summed E-state index contributed by atoms with van der Waals surface area (Å²) in [5, 5.41) is 17.7. The summed E-state index contributed by atoms with van der Waals surface area (Å²) in [5.74, 6) is 0.278. The van der Waals surface area contributed by atoms with E-state index in [9.17, 15) is 14.9 Å². The number of non-ortho nitro benzene ring substituents is 1. The zero-order valence-electron chi connectivity index (χ0n) is 19.4. The highest BCUT2D eigenvalue weighted by Gasteiger charge is 2.22. The third-order valence-corrected chi connectivity index (χ3v) is 7.56. The molecule has 0 unspecified atom stereocenters. The monoisotopic (exact) mass is 529 g/mol. The first-order valence-corrected chi connectivity index (χ1v) is 12.6. The fourth-order valence-corrected chi connectivity index (χ4v) is 5.48. The fraction of sp³-hybridized carbons (Fsp3) is 0.0385. The van der Waals surface area contributed by atoms with Crippen molar-refractivity contribution in [3.8, 4) is 27.4 Å². The van der Waals surface area contributed by atoms with Crippen LogP contribution in [0.25, 0.3) is 31.9 Å². The normalized spacial score (nSPS) is 11.2. The first-order chi connectivity index (χ1) is 17.9. The van der Waals surface area contributed by atoms with Crippen LogP contribution in [0.15, 0.2) is 77.2 Å². The molecule has 11 heteroatoms. The molecule has 0 spiro atoms. The van der Waals surface area contributed by atoms with Crippen molar-refractivity contribution in [3.05, 3.63) is 92.7 Å². The van der Waals surface area contributed by atoms with Crippen LogP contribution in [0, 0.1) is 10.1 Å². The molecule has 0 saturated heterocycles. The van der Waals surface area contributed by atoms with Gasteiger partial charge in [-0.05, 0) is 59.5 Å². The van der Waals surface area contributed by atoms with E-state index in [1.165, 1.54) is 29.7 Å². The molecule has 5 aromatic rings. The Hall–Kier alpha value is -4.61. The zero-order chi connectivity index (χ0) is 25.9. The Morgan fingerprint density at radius 2 is 1.92 bits per heavy atom. The fourth-order valence-electron chi connectivity index (χ4n) is 3.72. The number of nitro groups is 1. The Labute approximate surface area is 219 Å². The van der Waals surface area contributed by atoms with E-state index in [0.717, 1.165) is 21.8 Å². The van der Waals surface area contributed by atoms with Crippen LogP contribution in [-0.2, 0) is 0 Å². The Balaban J connectivity index is 1.51. The van der Waals surface area contributed by atoms with Crippen LogP contribution in [0.5, 0.6) is 5.75 Å². The lowest BCUT2D eigenvalue weighted by Crippen LogP contribution is -2.17. The average Bonchev–Trinajstić information content (AvgIpc) is 3.57. The van der Waals surface area contributed by atoms with Crippen LogP contribution in [0.4, 0.5) is 11.4 Å². The molecule has 3 heterocycles. The number of nitrogen functional groups attached to an aromatic ring is 1. The van der Waals surface area contributed by atoms with Crippen LogP contribution >= 0.6 is 22.7 Å². The molecule has 0 aliphatic rings. The minimum atomic E-state index is -0.445. The van der Waals surface area contributed by atoms with Crippen molar-refractivity contribution in [1.82, 2.24) is 10.4 Å². The lowest BCUT2D eigenvalue weighted by Gasteiger charge is -2.07. The Kier molecular flexibility index (Phi) is 6.62. The van der Waals surface area contributed by atoms with Crippen molar-refractivity contribution in [2.75, 3.05) is 12.8 Å². The number of anilines is 1. The van der Waals surface area contributed by atoms with Gasteiger partial charge in [0, 0.05) is 33.5 Å². The smallest absolute Gasteiger partial charge is 0.283 e. The number of aromatic nitrogens is 1. The Morgan fingerprint density at radius 3 is 2.57 bits per heavy atom. The standard InChI is InChI=1S/C26H19N5O4S2/c1-35-18-10-4-15(5-11-18)14-28-30-25(32)24-23(27)22-19(21-3-2-12-36-21)13-20(29-26(22)37-24)16-6-8-17(9-7-16)31(33)34/h2-14H,27H2,1H3,(H,30,32)/b28-14+. The minimum absolute atomic E-state index is 0.00201. The number of nitrogens with zero attached hydrogens (tertiary/aromatic N) is 3. The van der Waals surface area contributed by atoms with Crippen LogP contribution in [0.1, 0.15) is 15.2 Å². The predicted molar refractivity (Wildman–Crippen MR) is 147 cm³/mol. The molecule has 2 aromatic carbocycles. The number of nitro benzene ring substituents is 1. The van der Waals surface area contributed by atoms with E-state index in [0.29, 0.717) is 32.0 Å². The number of pyridine rings is 1. The number of hydrogen-bond acceptors (Lipinski definition) is 9. The summed E-state index contributed by atoms with van der Waals surface area (Å²) in [7, 11) is 1.59. The number of hydrazone groups is 1. The number of methoxy groups -OCH3 is 1. The number of fused-ring (bicyclic) bond motifs is 1. The second-order valence-corrected chi connectivity index (χ2v) is 9.78. The number of carbonyl (C=O) groups is 1. The summed E-state index contributed by atoms with van der Waals surface area (Å²) in [6, 6.07) is 19.2. The molecule has 0 atom stereocenters. The summed E-state index contributed by atoms with van der Waals surface area (Å²) in [5.41, 5.74) is 12.3. The first kappa shape index (κ1) is 24.1. The number of ether oxygens (including phenoxy) is 1. The van der Waals surface area contributed by atoms with Crippen LogP contribution in [0.3, 0.4) is 0 Å². The molecule has 9 nitrogen and oxygen atoms in total. The maximum atomic E-state index is 13.0. The van der Waals surface area contributed by atoms with E-state index in [4.69, 9.17) is 15.5 Å². The van der Waals surface area contributed by atoms with Crippen molar-refractivity contribution in [3.63, 3.8) is 0 Å². The van der Waals surface area contributed by atoms with Gasteiger partial charge in [-0.1, -0.05) is 6.07 Å². The van der Waals surface area contributed by atoms with Gasteiger partial charge in [-0.2, -0.15) is 5.10 Å². The second-order valence-electron chi connectivity index (χ2n) is 7.83. The highest BCUT2D eigenvalue weighted by atomic mass is 32.1. The minimum Gasteiger partial charge on any atom is -0.497 e. The van der Waals surface area contributed by atoms with Gasteiger partial charge < -0.3 is 10.5 Å². The average molecular weight is 530 g/mol. The molecule has 0 aliphatic heterocycles. The summed E-state index contributed by atoms with van der Waals surface area (Å²) >= 11 is 2.71. The van der Waals surface area contributed by atoms with E-state index in [-0.39, 0.29) is 5.69 Å². The van der Waals surface area contributed by atoms with Crippen molar-refractivity contribution in [1.29, 1.82) is 0 Å². The van der Waals surface area contributed by atoms with E-state index < -0.39 is 10.8 Å². The van der Waals surface area contributed by atoms with Crippen LogP contribution in [0.2, 0.25) is 0 Å². The molecular weight excluding hydrogens is 510 g/mol. The van der Waals surface area contributed by atoms with Crippen molar-refractivity contribution >= 4 is 56.4 Å². The van der Waals surface area contributed by atoms with Crippen molar-refractivity contribution in [2.45, 2.75) is 0 Å². The van der Waals surface area contributed by atoms with Gasteiger partial charge in [0.1, 0.15) is 15.5 Å². The first-order valence-electron chi connectivity index (χ1n) is 10.9. The molecule has 0 bridgehead atoms. The Bertz CT molecular complexity index is 1630. The van der Waals surface area contributed by atoms with E-state index in [2.05, 4.69) is 10.5 Å². The lowest BCUT2D eigenvalue weighted by molar-refractivity contribution is -0.384. The highest BCUT2D eigenvalue weighted by molar-refractivity contribution is 7.21. The van der Waals surface area contributed by atoms with Gasteiger partial charge in [0.15, 0.2) is 0 Å². The molecule has 0 saturated carbocycles. The molecule has 0 fully saturated rings. The summed E-state index contributed by atoms with van der Waals surface area (Å²) in [6.07, 6.45) is 1.53. The summed E-state index contributed by atoms with van der Waals surface area (Å²) in [4.78, 5) is 30.2. The molecule has 3 aromatic heterocycles. The van der Waals surface area contributed by atoms with Gasteiger partial charge in [-0.3, -0.25) is 14.9 Å². The molecule has 3 N–H and O–H groups in total. The third kappa shape index (κ3) is 4.90. The molecule has 37 heavy (non-hydrogen) atoms. The molecule has 184 valence electrons. The van der Waals surface area contributed by atoms with Gasteiger partial charge in [-0.25, -0.2) is 10.4 Å². The van der Waals surface area contributed by atoms with Crippen LogP contribution < -0.4 is 15.9 Å². The third-order valence-electron chi connectivity index (χ3n) is 5.56. The second kappa shape index (κ2) is 10.2. The number of rotatable bonds is 7. The molecule has 1 amide bonds.